The molecule has 0 spiro atoms. The predicted molar refractivity (Wildman–Crippen MR) is 156 cm³/mol. The molecule has 2 N–H and O–H groups in total. The van der Waals surface area contributed by atoms with Crippen LogP contribution in [0.4, 0.5) is 0 Å². The zero-order valence-corrected chi connectivity index (χ0v) is 21.9. The van der Waals surface area contributed by atoms with Crippen LogP contribution in [0.2, 0.25) is 0 Å². The van der Waals surface area contributed by atoms with Crippen molar-refractivity contribution in [1.29, 1.82) is 0 Å². The fourth-order valence-corrected chi connectivity index (χ4v) is 4.27. The van der Waals surface area contributed by atoms with E-state index in [4.69, 9.17) is 5.73 Å². The quantitative estimate of drug-likeness (QED) is 0.364. The zero-order chi connectivity index (χ0) is 25.2. The van der Waals surface area contributed by atoms with E-state index in [1.807, 2.05) is 19.1 Å². The summed E-state index contributed by atoms with van der Waals surface area (Å²) in [5.74, 6) is 0. The van der Waals surface area contributed by atoms with Crippen molar-refractivity contribution in [3.05, 3.63) is 142 Å². The lowest BCUT2D eigenvalue weighted by molar-refractivity contribution is 1.10. The van der Waals surface area contributed by atoms with Gasteiger partial charge in [-0.2, -0.15) is 0 Å². The number of aryl methyl sites for hydroxylation is 1. The summed E-state index contributed by atoms with van der Waals surface area (Å²) < 4.78 is 0. The normalized spacial score (nSPS) is 16.8. The molecule has 0 atom stereocenters. The van der Waals surface area contributed by atoms with Crippen molar-refractivity contribution in [2.24, 2.45) is 5.73 Å². The molecule has 2 aliphatic carbocycles. The van der Waals surface area contributed by atoms with Gasteiger partial charge in [-0.25, -0.2) is 0 Å². The maximum atomic E-state index is 5.69. The van der Waals surface area contributed by atoms with Crippen LogP contribution in [0.3, 0.4) is 0 Å². The highest BCUT2D eigenvalue weighted by atomic mass is 14.5. The molecule has 0 fully saturated rings. The monoisotopic (exact) mass is 461 g/mol. The first-order valence-electron chi connectivity index (χ1n) is 12.5. The van der Waals surface area contributed by atoms with E-state index in [1.165, 1.54) is 50.1 Å². The summed E-state index contributed by atoms with van der Waals surface area (Å²) >= 11 is 0. The average Bonchev–Trinajstić information content (AvgIpc) is 3.46. The van der Waals surface area contributed by atoms with Crippen LogP contribution in [0.25, 0.3) is 11.1 Å². The number of nitrogens with two attached hydrogens (primary N) is 1. The van der Waals surface area contributed by atoms with E-state index in [0.29, 0.717) is 0 Å². The van der Waals surface area contributed by atoms with Crippen molar-refractivity contribution in [1.82, 2.24) is 0 Å². The van der Waals surface area contributed by atoms with Crippen molar-refractivity contribution in [3.8, 4) is 0 Å². The molecular formula is C34H39N. The molecule has 3 rings (SSSR count). The minimum absolute atomic E-state index is 0.826. The number of hydrogen-bond acceptors (Lipinski definition) is 1. The predicted octanol–water partition coefficient (Wildman–Crippen LogP) is 9.26. The minimum atomic E-state index is 0.826. The summed E-state index contributed by atoms with van der Waals surface area (Å²) in [7, 11) is 0. The van der Waals surface area contributed by atoms with Crippen molar-refractivity contribution in [2.45, 2.75) is 53.9 Å². The molecule has 0 aromatic heterocycles. The smallest absolute Gasteiger partial charge is 0.00488 e. The molecule has 1 heteroatoms. The van der Waals surface area contributed by atoms with Gasteiger partial charge in [-0.05, 0) is 98.9 Å². The molecule has 0 amide bonds. The van der Waals surface area contributed by atoms with E-state index < -0.39 is 0 Å². The number of allylic oxidation sites excluding steroid dienone is 20. The molecule has 1 aromatic carbocycles. The highest BCUT2D eigenvalue weighted by Gasteiger charge is 2.11. The maximum absolute atomic E-state index is 5.69. The van der Waals surface area contributed by atoms with Crippen LogP contribution in [-0.4, -0.2) is 0 Å². The third kappa shape index (κ3) is 8.00. The van der Waals surface area contributed by atoms with Crippen LogP contribution in [0.1, 0.15) is 63.6 Å². The Labute approximate surface area is 212 Å². The first kappa shape index (κ1) is 26.0. The third-order valence-corrected chi connectivity index (χ3v) is 6.16. The fraction of sp³-hybridized carbons (Fsp3) is 0.235. The van der Waals surface area contributed by atoms with Crippen LogP contribution in [0, 0.1) is 6.92 Å². The van der Waals surface area contributed by atoms with Gasteiger partial charge in [0, 0.05) is 5.70 Å². The Hall–Kier alpha value is -3.58. The molecule has 35 heavy (non-hydrogen) atoms. The second-order valence-corrected chi connectivity index (χ2v) is 9.61. The minimum Gasteiger partial charge on any atom is -0.402 e. The van der Waals surface area contributed by atoms with Gasteiger partial charge in [0.15, 0.2) is 0 Å². The van der Waals surface area contributed by atoms with Crippen LogP contribution < -0.4 is 5.73 Å². The van der Waals surface area contributed by atoms with Gasteiger partial charge in [0.25, 0.3) is 0 Å². The molecule has 1 aromatic rings. The molecule has 180 valence electrons. The molecule has 0 radical (unpaired) electrons. The highest BCUT2D eigenvalue weighted by molar-refractivity contribution is 5.79. The molecule has 0 bridgehead atoms. The van der Waals surface area contributed by atoms with Crippen molar-refractivity contribution in [2.75, 3.05) is 0 Å². The Bertz CT molecular complexity index is 1240. The molecule has 0 aliphatic heterocycles. The molecule has 1 nitrogen and oxygen atoms in total. The summed E-state index contributed by atoms with van der Waals surface area (Å²) in [6.07, 6.45) is 31.3. The molecule has 0 saturated carbocycles. The van der Waals surface area contributed by atoms with Gasteiger partial charge in [-0.3, -0.25) is 0 Å². The summed E-state index contributed by atoms with van der Waals surface area (Å²) in [4.78, 5) is 0. The highest BCUT2D eigenvalue weighted by Crippen LogP contribution is 2.32. The lowest BCUT2D eigenvalue weighted by Gasteiger charge is -2.11. The topological polar surface area (TPSA) is 26.0 Å². The van der Waals surface area contributed by atoms with E-state index in [1.54, 1.807) is 0 Å². The Morgan fingerprint density at radius 2 is 1.63 bits per heavy atom. The van der Waals surface area contributed by atoms with Crippen LogP contribution >= 0.6 is 0 Å². The third-order valence-electron chi connectivity index (χ3n) is 6.16. The average molecular weight is 462 g/mol. The zero-order valence-electron chi connectivity index (χ0n) is 21.9. The standard InChI is InChI=1S/C34H39N/c1-6-31(15-9-14-29-17-16-28(23-29)13-8-11-27(5)35)34-21-20-32(22-26(34)4)33-19-18-30(24-33)12-7-10-25(2)3/h6-13,15-22H,14,23-24,35H2,1-5H3/b12-7+,13-8+,15-9-,27-11-,31-6-. The molecule has 0 saturated heterocycles. The Morgan fingerprint density at radius 1 is 0.914 bits per heavy atom. The van der Waals surface area contributed by atoms with Gasteiger partial charge >= 0.3 is 0 Å². The Balaban J connectivity index is 1.58. The Kier molecular flexibility index (Phi) is 9.49. The van der Waals surface area contributed by atoms with E-state index in [2.05, 4.69) is 113 Å². The van der Waals surface area contributed by atoms with Gasteiger partial charge < -0.3 is 5.73 Å². The van der Waals surface area contributed by atoms with Crippen molar-refractivity contribution < 1.29 is 0 Å². The van der Waals surface area contributed by atoms with Gasteiger partial charge in [0.2, 0.25) is 0 Å². The first-order valence-corrected chi connectivity index (χ1v) is 12.5. The maximum Gasteiger partial charge on any atom is 0.00488 e. The van der Waals surface area contributed by atoms with Gasteiger partial charge in [0.05, 0.1) is 0 Å². The summed E-state index contributed by atoms with van der Waals surface area (Å²) in [5.41, 5.74) is 18.5. The molecular weight excluding hydrogens is 422 g/mol. The second-order valence-electron chi connectivity index (χ2n) is 9.61. The lowest BCUT2D eigenvalue weighted by atomic mass is 9.94. The van der Waals surface area contributed by atoms with Crippen molar-refractivity contribution >= 4 is 11.1 Å². The molecule has 0 heterocycles. The number of rotatable bonds is 9. The van der Waals surface area contributed by atoms with E-state index in [9.17, 15) is 0 Å². The van der Waals surface area contributed by atoms with Crippen LogP contribution in [0.15, 0.2) is 125 Å². The first-order chi connectivity index (χ1) is 16.9. The number of benzene rings is 1. The fourth-order valence-electron chi connectivity index (χ4n) is 4.27. The van der Waals surface area contributed by atoms with Crippen LogP contribution in [0.5, 0.6) is 0 Å². The summed E-state index contributed by atoms with van der Waals surface area (Å²) in [6.45, 7) is 10.5. The largest absolute Gasteiger partial charge is 0.402 e. The summed E-state index contributed by atoms with van der Waals surface area (Å²) in [5, 5.41) is 0. The molecule has 0 unspecified atom stereocenters. The van der Waals surface area contributed by atoms with Crippen LogP contribution in [-0.2, 0) is 0 Å². The Morgan fingerprint density at radius 3 is 2.31 bits per heavy atom. The van der Waals surface area contributed by atoms with E-state index in [0.717, 1.165) is 25.0 Å². The van der Waals surface area contributed by atoms with Gasteiger partial charge in [-0.1, -0.05) is 102 Å². The van der Waals surface area contributed by atoms with Gasteiger partial charge in [0.1, 0.15) is 0 Å². The molecule has 2 aliphatic rings. The van der Waals surface area contributed by atoms with E-state index >= 15 is 0 Å². The lowest BCUT2D eigenvalue weighted by Crippen LogP contribution is -1.91. The van der Waals surface area contributed by atoms with Crippen molar-refractivity contribution in [3.63, 3.8) is 0 Å². The van der Waals surface area contributed by atoms with E-state index in [-0.39, 0.29) is 0 Å². The number of hydrogen-bond donors (Lipinski definition) is 1. The second kappa shape index (κ2) is 12.8. The SMILES string of the molecule is C/C=C(/C=C\CC1=CC=C(/C=C/C=C(/C)N)C1)c1ccc(C2=CC=C(/C=C/C=C(C)C)C2)cc1C. The summed E-state index contributed by atoms with van der Waals surface area (Å²) in [6, 6.07) is 6.87. The van der Waals surface area contributed by atoms with Gasteiger partial charge in [-0.15, -0.1) is 0 Å².